The number of fused-ring (bicyclic) bond motifs is 1. The number of carboxylic acids is 1. The number of aromatic nitrogens is 1. The lowest BCUT2D eigenvalue weighted by molar-refractivity contribution is -0.255. The van der Waals surface area contributed by atoms with E-state index in [1.807, 2.05) is 28.9 Å². The van der Waals surface area contributed by atoms with Crippen LogP contribution in [0.1, 0.15) is 17.3 Å². The first-order valence-electron chi connectivity index (χ1n) is 10.4. The molecule has 33 heavy (non-hydrogen) atoms. The monoisotopic (exact) mass is 487 g/mol. The molecule has 0 saturated carbocycles. The molecule has 0 radical (unpaired) electrons. The molecule has 0 bridgehead atoms. The second kappa shape index (κ2) is 9.36. The predicted octanol–water partition coefficient (Wildman–Crippen LogP) is 2.70. The van der Waals surface area contributed by atoms with Crippen molar-refractivity contribution >= 4 is 57.2 Å². The number of thiocarbonyl (C=S) groups is 1. The van der Waals surface area contributed by atoms with Gasteiger partial charge in [-0.15, -0.1) is 0 Å². The number of piperazine rings is 1. The molecular formula is C23H21ClFN4O3S-. The van der Waals surface area contributed by atoms with Crippen LogP contribution in [-0.2, 0) is 6.54 Å². The molecule has 1 aliphatic rings. The average molecular weight is 488 g/mol. The van der Waals surface area contributed by atoms with Crippen LogP contribution >= 0.6 is 23.8 Å². The number of rotatable bonds is 4. The Labute approximate surface area is 200 Å². The summed E-state index contributed by atoms with van der Waals surface area (Å²) in [4.78, 5) is 27.7. The minimum Gasteiger partial charge on any atom is -0.545 e. The first kappa shape index (κ1) is 23.0. The molecule has 172 valence electrons. The van der Waals surface area contributed by atoms with Gasteiger partial charge in [-0.05, 0) is 55.5 Å². The summed E-state index contributed by atoms with van der Waals surface area (Å²) in [6.07, 6.45) is 1.25. The van der Waals surface area contributed by atoms with Crippen LogP contribution in [0.2, 0.25) is 5.02 Å². The Morgan fingerprint density at radius 1 is 1.18 bits per heavy atom. The van der Waals surface area contributed by atoms with Crippen LogP contribution in [0.15, 0.2) is 47.4 Å². The highest BCUT2D eigenvalue weighted by Crippen LogP contribution is 2.26. The number of carbonyl (C=O) groups excluding carboxylic acids is 1. The minimum absolute atomic E-state index is 0.0202. The van der Waals surface area contributed by atoms with E-state index in [0.29, 0.717) is 54.1 Å². The molecule has 0 unspecified atom stereocenters. The normalized spacial score (nSPS) is 13.9. The van der Waals surface area contributed by atoms with E-state index < -0.39 is 22.8 Å². The quantitative estimate of drug-likeness (QED) is 0.567. The van der Waals surface area contributed by atoms with Gasteiger partial charge in [-0.3, -0.25) is 4.79 Å². The second-order valence-electron chi connectivity index (χ2n) is 7.68. The summed E-state index contributed by atoms with van der Waals surface area (Å²) >= 11 is 11.4. The number of aryl methyl sites for hydroxylation is 1. The Hall–Kier alpha value is -3.17. The van der Waals surface area contributed by atoms with Crippen LogP contribution in [0, 0.1) is 5.82 Å². The third-order valence-corrected chi connectivity index (χ3v) is 6.32. The van der Waals surface area contributed by atoms with Crippen LogP contribution in [-0.4, -0.2) is 46.7 Å². The van der Waals surface area contributed by atoms with Crippen molar-refractivity contribution in [1.29, 1.82) is 0 Å². The van der Waals surface area contributed by atoms with Gasteiger partial charge in [0, 0.05) is 55.0 Å². The molecule has 1 aliphatic heterocycles. The van der Waals surface area contributed by atoms with E-state index in [2.05, 4.69) is 5.32 Å². The van der Waals surface area contributed by atoms with Crippen molar-refractivity contribution in [1.82, 2.24) is 9.47 Å². The predicted molar refractivity (Wildman–Crippen MR) is 130 cm³/mol. The summed E-state index contributed by atoms with van der Waals surface area (Å²) in [6.45, 7) is 4.46. The molecule has 1 fully saturated rings. The fraction of sp³-hybridized carbons (Fsp3) is 0.261. The number of pyridine rings is 1. The smallest absolute Gasteiger partial charge is 0.198 e. The van der Waals surface area contributed by atoms with E-state index in [1.54, 1.807) is 22.8 Å². The number of hydrogen-bond acceptors (Lipinski definition) is 5. The van der Waals surface area contributed by atoms with Crippen molar-refractivity contribution in [2.24, 2.45) is 0 Å². The number of carboxylic acid groups (broad SMARTS) is 1. The van der Waals surface area contributed by atoms with Gasteiger partial charge < -0.3 is 29.6 Å². The van der Waals surface area contributed by atoms with E-state index in [4.69, 9.17) is 23.8 Å². The molecule has 3 aromatic rings. The summed E-state index contributed by atoms with van der Waals surface area (Å²) < 4.78 is 16.6. The summed E-state index contributed by atoms with van der Waals surface area (Å²) in [5, 5.41) is 15.7. The highest BCUT2D eigenvalue weighted by Gasteiger charge is 2.23. The summed E-state index contributed by atoms with van der Waals surface area (Å²) in [6, 6.07) is 9.96. The molecule has 10 heteroatoms. The highest BCUT2D eigenvalue weighted by atomic mass is 35.5. The fourth-order valence-electron chi connectivity index (χ4n) is 3.93. The van der Waals surface area contributed by atoms with Crippen LogP contribution in [0.3, 0.4) is 0 Å². The van der Waals surface area contributed by atoms with Crippen molar-refractivity contribution in [3.8, 4) is 0 Å². The Bertz CT molecular complexity index is 1290. The third kappa shape index (κ3) is 4.65. The maximum atomic E-state index is 15.0. The van der Waals surface area contributed by atoms with Gasteiger partial charge in [-0.25, -0.2) is 4.39 Å². The fourth-order valence-corrected chi connectivity index (χ4v) is 4.36. The molecule has 4 rings (SSSR count). The first-order chi connectivity index (χ1) is 15.8. The SMILES string of the molecule is CCn1cc(C(=O)[O-])c(=O)c2cc(F)c(N3CCN(C(=S)Nc4ccc(Cl)cc4)CC3)cc21. The van der Waals surface area contributed by atoms with E-state index in [1.165, 1.54) is 6.20 Å². The Balaban J connectivity index is 1.54. The van der Waals surface area contributed by atoms with E-state index in [9.17, 15) is 14.7 Å². The lowest BCUT2D eigenvalue weighted by Gasteiger charge is -2.37. The largest absolute Gasteiger partial charge is 0.545 e. The van der Waals surface area contributed by atoms with E-state index in [0.717, 1.165) is 11.8 Å². The van der Waals surface area contributed by atoms with Crippen LogP contribution in [0.4, 0.5) is 15.8 Å². The topological polar surface area (TPSA) is 80.6 Å². The van der Waals surface area contributed by atoms with Gasteiger partial charge in [-0.1, -0.05) is 11.6 Å². The number of benzene rings is 2. The molecule has 1 N–H and O–H groups in total. The van der Waals surface area contributed by atoms with Crippen molar-refractivity contribution < 1.29 is 14.3 Å². The van der Waals surface area contributed by atoms with Crippen molar-refractivity contribution in [2.75, 3.05) is 36.4 Å². The molecular weight excluding hydrogens is 467 g/mol. The van der Waals surface area contributed by atoms with Gasteiger partial charge >= 0.3 is 0 Å². The van der Waals surface area contributed by atoms with Gasteiger partial charge in [0.05, 0.1) is 22.7 Å². The number of hydrogen-bond donors (Lipinski definition) is 1. The molecule has 0 amide bonds. The lowest BCUT2D eigenvalue weighted by atomic mass is 10.1. The van der Waals surface area contributed by atoms with Gasteiger partial charge in [0.1, 0.15) is 5.82 Å². The highest BCUT2D eigenvalue weighted by molar-refractivity contribution is 7.80. The zero-order valence-electron chi connectivity index (χ0n) is 17.8. The van der Waals surface area contributed by atoms with Crippen LogP contribution in [0.25, 0.3) is 10.9 Å². The van der Waals surface area contributed by atoms with Crippen molar-refractivity contribution in [3.05, 3.63) is 69.2 Å². The van der Waals surface area contributed by atoms with Gasteiger partial charge in [0.25, 0.3) is 0 Å². The Morgan fingerprint density at radius 3 is 2.45 bits per heavy atom. The molecule has 0 spiro atoms. The maximum Gasteiger partial charge on any atom is 0.198 e. The number of nitrogens with one attached hydrogen (secondary N) is 1. The number of carbonyl (C=O) groups is 1. The zero-order chi connectivity index (χ0) is 23.7. The maximum absolute atomic E-state index is 15.0. The summed E-state index contributed by atoms with van der Waals surface area (Å²) in [7, 11) is 0. The summed E-state index contributed by atoms with van der Waals surface area (Å²) in [5.41, 5.74) is 0.448. The lowest BCUT2D eigenvalue weighted by Crippen LogP contribution is -2.50. The molecule has 0 atom stereocenters. The van der Waals surface area contributed by atoms with Gasteiger partial charge in [0.15, 0.2) is 10.5 Å². The summed E-state index contributed by atoms with van der Waals surface area (Å²) in [5.74, 6) is -2.15. The Kier molecular flexibility index (Phi) is 6.53. The number of halogens is 2. The molecule has 1 aromatic heterocycles. The molecule has 7 nitrogen and oxygen atoms in total. The molecule has 2 aromatic carbocycles. The molecule has 2 heterocycles. The standard InChI is InChI=1S/C23H22ClFN4O3S/c1-2-27-13-17(22(31)32)21(30)16-11-18(25)20(12-19(16)27)28-7-9-29(10-8-28)23(33)26-15-5-3-14(24)4-6-15/h3-6,11-13H,2,7-10H2,1H3,(H,26,33)(H,31,32)/p-1. The Morgan fingerprint density at radius 2 is 1.85 bits per heavy atom. The van der Waals surface area contributed by atoms with Gasteiger partial charge in [-0.2, -0.15) is 0 Å². The number of aromatic carboxylic acids is 1. The molecule has 0 aliphatic carbocycles. The number of anilines is 2. The van der Waals surface area contributed by atoms with Crippen LogP contribution < -0.4 is 20.8 Å². The second-order valence-corrected chi connectivity index (χ2v) is 8.50. The molecule has 1 saturated heterocycles. The zero-order valence-corrected chi connectivity index (χ0v) is 19.4. The average Bonchev–Trinajstić information content (AvgIpc) is 2.80. The van der Waals surface area contributed by atoms with Crippen molar-refractivity contribution in [3.63, 3.8) is 0 Å². The van der Waals surface area contributed by atoms with E-state index >= 15 is 4.39 Å². The van der Waals surface area contributed by atoms with Gasteiger partial charge in [0.2, 0.25) is 0 Å². The number of nitrogens with zero attached hydrogens (tertiary/aromatic N) is 3. The minimum atomic E-state index is -1.58. The van der Waals surface area contributed by atoms with Crippen LogP contribution in [0.5, 0.6) is 0 Å². The third-order valence-electron chi connectivity index (χ3n) is 5.71. The van der Waals surface area contributed by atoms with Crippen molar-refractivity contribution in [2.45, 2.75) is 13.5 Å². The van der Waals surface area contributed by atoms with E-state index in [-0.39, 0.29) is 5.39 Å². The first-order valence-corrected chi connectivity index (χ1v) is 11.2.